The Morgan fingerprint density at radius 3 is 2.39 bits per heavy atom. The van der Waals surface area contributed by atoms with E-state index in [9.17, 15) is 4.79 Å². The molecular formula is C34H39N3O. The molecule has 196 valence electrons. The lowest BCUT2D eigenvalue weighted by atomic mass is 9.80. The lowest BCUT2D eigenvalue weighted by Gasteiger charge is -2.26. The van der Waals surface area contributed by atoms with Crippen molar-refractivity contribution in [2.24, 2.45) is 5.92 Å². The van der Waals surface area contributed by atoms with Crippen molar-refractivity contribution in [3.05, 3.63) is 101 Å². The van der Waals surface area contributed by atoms with E-state index in [1.54, 1.807) is 0 Å². The molecule has 6 rings (SSSR count). The van der Waals surface area contributed by atoms with E-state index in [0.29, 0.717) is 12.5 Å². The molecule has 4 nitrogen and oxygen atoms in total. The van der Waals surface area contributed by atoms with Gasteiger partial charge in [0.05, 0.1) is 5.92 Å². The van der Waals surface area contributed by atoms with Crippen LogP contribution < -0.4 is 5.32 Å². The second-order valence-corrected chi connectivity index (χ2v) is 11.3. The van der Waals surface area contributed by atoms with E-state index in [4.69, 9.17) is 4.98 Å². The largest absolute Gasteiger partial charge is 0.351 e. The highest BCUT2D eigenvalue weighted by Gasteiger charge is 2.30. The summed E-state index contributed by atoms with van der Waals surface area (Å²) in [5.74, 6) is 0.486. The van der Waals surface area contributed by atoms with Crippen LogP contribution in [0.4, 0.5) is 0 Å². The number of carbonyl (C=O) groups is 1. The third-order valence-electron chi connectivity index (χ3n) is 8.77. The highest BCUT2D eigenvalue weighted by molar-refractivity contribution is 5.84. The second kappa shape index (κ2) is 11.6. The van der Waals surface area contributed by atoms with Gasteiger partial charge < -0.3 is 9.88 Å². The first-order valence-electron chi connectivity index (χ1n) is 14.6. The zero-order chi connectivity index (χ0) is 25.7. The molecule has 2 aromatic heterocycles. The fourth-order valence-corrected chi connectivity index (χ4v) is 6.81. The molecule has 0 saturated heterocycles. The smallest absolute Gasteiger partial charge is 0.228 e. The molecule has 1 saturated carbocycles. The molecule has 2 heterocycles. The van der Waals surface area contributed by atoms with Gasteiger partial charge in [-0.3, -0.25) is 4.79 Å². The first kappa shape index (κ1) is 24.9. The molecular weight excluding hydrogens is 466 g/mol. The van der Waals surface area contributed by atoms with Crippen molar-refractivity contribution < 1.29 is 4.79 Å². The van der Waals surface area contributed by atoms with Crippen molar-refractivity contribution in [1.82, 2.24) is 14.9 Å². The molecule has 1 N–H and O–H groups in total. The molecule has 1 unspecified atom stereocenters. The number of pyridine rings is 1. The maximum Gasteiger partial charge on any atom is 0.228 e. The predicted octanol–water partition coefficient (Wildman–Crippen LogP) is 7.33. The predicted molar refractivity (Wildman–Crippen MR) is 154 cm³/mol. The quantitative estimate of drug-likeness (QED) is 0.267. The van der Waals surface area contributed by atoms with E-state index in [0.717, 1.165) is 49.0 Å². The fraction of sp³-hybridized carbons (Fsp3) is 0.412. The Balaban J connectivity index is 1.25. The third kappa shape index (κ3) is 5.27. The van der Waals surface area contributed by atoms with Crippen LogP contribution in [0.2, 0.25) is 0 Å². The van der Waals surface area contributed by atoms with Crippen molar-refractivity contribution in [1.29, 1.82) is 0 Å². The number of aromatic nitrogens is 2. The number of aryl methyl sites for hydroxylation is 1. The van der Waals surface area contributed by atoms with Gasteiger partial charge in [-0.15, -0.1) is 0 Å². The van der Waals surface area contributed by atoms with Crippen molar-refractivity contribution in [3.63, 3.8) is 0 Å². The summed E-state index contributed by atoms with van der Waals surface area (Å²) in [6.07, 6.45) is 14.0. The van der Waals surface area contributed by atoms with Crippen molar-refractivity contribution in [2.75, 3.05) is 0 Å². The molecule has 1 amide bonds. The summed E-state index contributed by atoms with van der Waals surface area (Å²) < 4.78 is 2.44. The minimum absolute atomic E-state index is 0.0901. The summed E-state index contributed by atoms with van der Waals surface area (Å²) in [5.41, 5.74) is 7.65. The monoisotopic (exact) mass is 505 g/mol. The van der Waals surface area contributed by atoms with Crippen LogP contribution in [0.3, 0.4) is 0 Å². The Kier molecular flexibility index (Phi) is 7.57. The minimum atomic E-state index is -0.0901. The normalized spacial score (nSPS) is 17.1. The van der Waals surface area contributed by atoms with Crippen LogP contribution in [-0.2, 0) is 30.7 Å². The van der Waals surface area contributed by atoms with Gasteiger partial charge in [0.1, 0.15) is 5.65 Å². The summed E-state index contributed by atoms with van der Waals surface area (Å²) in [4.78, 5) is 18.4. The molecule has 2 aliphatic carbocycles. The van der Waals surface area contributed by atoms with Gasteiger partial charge in [-0.2, -0.15) is 0 Å². The molecule has 0 bridgehead atoms. The third-order valence-corrected chi connectivity index (χ3v) is 8.77. The summed E-state index contributed by atoms with van der Waals surface area (Å²) in [5, 5.41) is 4.59. The Morgan fingerprint density at radius 2 is 1.61 bits per heavy atom. The number of hydrogen-bond acceptors (Lipinski definition) is 2. The Labute approximate surface area is 226 Å². The van der Waals surface area contributed by atoms with Crippen molar-refractivity contribution >= 4 is 16.9 Å². The van der Waals surface area contributed by atoms with Crippen LogP contribution in [0.5, 0.6) is 0 Å². The molecule has 0 spiro atoms. The molecule has 0 radical (unpaired) electrons. The molecule has 1 atom stereocenters. The van der Waals surface area contributed by atoms with E-state index in [1.807, 2.05) is 24.4 Å². The molecule has 0 aliphatic heterocycles. The van der Waals surface area contributed by atoms with E-state index in [1.165, 1.54) is 60.7 Å². The van der Waals surface area contributed by atoms with E-state index < -0.39 is 0 Å². The number of carbonyl (C=O) groups excluding carboxylic acids is 1. The average molecular weight is 506 g/mol. The van der Waals surface area contributed by atoms with Gasteiger partial charge in [-0.25, -0.2) is 4.98 Å². The van der Waals surface area contributed by atoms with Crippen molar-refractivity contribution in [3.8, 4) is 0 Å². The fourth-order valence-electron chi connectivity index (χ4n) is 6.81. The van der Waals surface area contributed by atoms with Crippen LogP contribution in [0.1, 0.15) is 85.2 Å². The van der Waals surface area contributed by atoms with Crippen LogP contribution in [-0.4, -0.2) is 15.5 Å². The van der Waals surface area contributed by atoms with Gasteiger partial charge in [0.25, 0.3) is 0 Å². The van der Waals surface area contributed by atoms with Gasteiger partial charge in [0.15, 0.2) is 0 Å². The van der Waals surface area contributed by atoms with E-state index in [2.05, 4.69) is 58.4 Å². The van der Waals surface area contributed by atoms with Crippen LogP contribution >= 0.6 is 0 Å². The molecule has 2 aromatic carbocycles. The maximum atomic E-state index is 13.7. The SMILES string of the molecule is O=C(NCc1ccccc1)C(c1ccc(Cn2c3c(c4cccnc42)CCCC3)cc1)C1CCCCCC1. The number of hydrogen-bond donors (Lipinski definition) is 1. The second-order valence-electron chi connectivity index (χ2n) is 11.3. The standard InChI is InChI=1S/C34H39N3O/c38-34(36-23-25-11-4-3-5-12-25)32(27-13-6-1-2-7-14-27)28-20-18-26(19-21-28)24-37-31-17-9-8-15-29(31)30-16-10-22-35-33(30)37/h3-5,10-12,16,18-22,27,32H,1-2,6-9,13-15,17,23-24H2,(H,36,38). The first-order chi connectivity index (χ1) is 18.8. The maximum absolute atomic E-state index is 13.7. The van der Waals surface area contributed by atoms with Crippen LogP contribution in [0.15, 0.2) is 72.9 Å². The highest BCUT2D eigenvalue weighted by atomic mass is 16.1. The summed E-state index contributed by atoms with van der Waals surface area (Å²) in [6, 6.07) is 23.5. The van der Waals surface area contributed by atoms with Gasteiger partial charge in [0.2, 0.25) is 5.91 Å². The van der Waals surface area contributed by atoms with Crippen LogP contribution in [0, 0.1) is 5.92 Å². The van der Waals surface area contributed by atoms with Gasteiger partial charge in [0, 0.05) is 30.4 Å². The Morgan fingerprint density at radius 1 is 0.842 bits per heavy atom. The lowest BCUT2D eigenvalue weighted by Crippen LogP contribution is -2.33. The highest BCUT2D eigenvalue weighted by Crippen LogP contribution is 2.36. The number of amides is 1. The van der Waals surface area contributed by atoms with Gasteiger partial charge in [-0.05, 0) is 78.8 Å². The zero-order valence-corrected chi connectivity index (χ0v) is 22.4. The first-order valence-corrected chi connectivity index (χ1v) is 14.6. The van der Waals surface area contributed by atoms with E-state index in [-0.39, 0.29) is 11.8 Å². The number of nitrogens with one attached hydrogen (secondary N) is 1. The number of fused-ring (bicyclic) bond motifs is 3. The Hall–Kier alpha value is -3.40. The number of nitrogens with zero attached hydrogens (tertiary/aromatic N) is 2. The lowest BCUT2D eigenvalue weighted by molar-refractivity contribution is -0.124. The summed E-state index contributed by atoms with van der Waals surface area (Å²) in [6.45, 7) is 1.41. The van der Waals surface area contributed by atoms with Gasteiger partial charge >= 0.3 is 0 Å². The topological polar surface area (TPSA) is 46.9 Å². The minimum Gasteiger partial charge on any atom is -0.351 e. The van der Waals surface area contributed by atoms with Crippen molar-refractivity contribution in [2.45, 2.75) is 83.2 Å². The van der Waals surface area contributed by atoms with Gasteiger partial charge in [-0.1, -0.05) is 80.3 Å². The Bertz CT molecular complexity index is 1360. The summed E-state index contributed by atoms with van der Waals surface area (Å²) >= 11 is 0. The number of benzene rings is 2. The molecule has 4 aromatic rings. The number of rotatable bonds is 7. The zero-order valence-electron chi connectivity index (χ0n) is 22.4. The van der Waals surface area contributed by atoms with E-state index >= 15 is 0 Å². The molecule has 4 heteroatoms. The van der Waals surface area contributed by atoms with Crippen LogP contribution in [0.25, 0.3) is 11.0 Å². The molecule has 38 heavy (non-hydrogen) atoms. The molecule has 1 fully saturated rings. The molecule has 2 aliphatic rings. The average Bonchev–Trinajstić information content (AvgIpc) is 3.09. The summed E-state index contributed by atoms with van der Waals surface area (Å²) in [7, 11) is 0.